The Morgan fingerprint density at radius 1 is 1.25 bits per heavy atom. The standard InChI is InChI=1S/C17H16N2O4S/c20-15(21)7-17(3-4-17)10-24-14-6-13(11-2-1-5-18-8-11)19-9-12(14)16(22)23/h1-2,5-6,8-9H,3-4,7,10H2,(H,20,21)(H,22,23). The molecule has 0 radical (unpaired) electrons. The third-order valence-electron chi connectivity index (χ3n) is 4.07. The highest BCUT2D eigenvalue weighted by molar-refractivity contribution is 7.99. The number of carbonyl (C=O) groups is 2. The molecular formula is C17H16N2O4S. The summed E-state index contributed by atoms with van der Waals surface area (Å²) in [6.45, 7) is 0. The second-order valence-electron chi connectivity index (χ2n) is 5.97. The zero-order valence-corrected chi connectivity index (χ0v) is 13.6. The van der Waals surface area contributed by atoms with Crippen molar-refractivity contribution in [3.8, 4) is 11.3 Å². The van der Waals surface area contributed by atoms with Crippen LogP contribution in [0.5, 0.6) is 0 Å². The molecule has 0 saturated heterocycles. The highest BCUT2D eigenvalue weighted by Crippen LogP contribution is 2.52. The van der Waals surface area contributed by atoms with Crippen molar-refractivity contribution in [2.24, 2.45) is 5.41 Å². The number of hydrogen-bond donors (Lipinski definition) is 2. The first-order chi connectivity index (χ1) is 11.5. The monoisotopic (exact) mass is 344 g/mol. The van der Waals surface area contributed by atoms with Gasteiger partial charge in [0, 0.05) is 34.8 Å². The molecule has 2 aromatic rings. The fourth-order valence-electron chi connectivity index (χ4n) is 2.49. The normalized spacial score (nSPS) is 15.0. The first-order valence-corrected chi connectivity index (χ1v) is 8.46. The Balaban J connectivity index is 1.84. The topological polar surface area (TPSA) is 100 Å². The van der Waals surface area contributed by atoms with Crippen LogP contribution in [-0.2, 0) is 4.79 Å². The second-order valence-corrected chi connectivity index (χ2v) is 6.99. The minimum Gasteiger partial charge on any atom is -0.481 e. The Labute approximate surface area is 143 Å². The molecule has 2 N–H and O–H groups in total. The van der Waals surface area contributed by atoms with Crippen LogP contribution < -0.4 is 0 Å². The van der Waals surface area contributed by atoms with Crippen molar-refractivity contribution in [3.63, 3.8) is 0 Å². The van der Waals surface area contributed by atoms with E-state index in [4.69, 9.17) is 5.11 Å². The molecule has 24 heavy (non-hydrogen) atoms. The Hall–Kier alpha value is -2.41. The van der Waals surface area contributed by atoms with Crippen LogP contribution in [0.25, 0.3) is 11.3 Å². The van der Waals surface area contributed by atoms with Gasteiger partial charge in [0.05, 0.1) is 17.7 Å². The summed E-state index contributed by atoms with van der Waals surface area (Å²) in [5.74, 6) is -1.25. The van der Waals surface area contributed by atoms with Gasteiger partial charge in [0.15, 0.2) is 0 Å². The molecule has 0 aromatic carbocycles. The van der Waals surface area contributed by atoms with Gasteiger partial charge in [-0.1, -0.05) is 0 Å². The SMILES string of the molecule is O=C(O)CC1(CSc2cc(-c3cccnc3)ncc2C(=O)O)CC1. The molecule has 0 unspecified atom stereocenters. The number of aromatic carboxylic acids is 1. The van der Waals surface area contributed by atoms with E-state index >= 15 is 0 Å². The molecule has 6 nitrogen and oxygen atoms in total. The number of carboxylic acids is 2. The summed E-state index contributed by atoms with van der Waals surface area (Å²) in [6, 6.07) is 5.39. The first-order valence-electron chi connectivity index (χ1n) is 7.47. The Kier molecular flexibility index (Phi) is 4.53. The molecule has 2 heterocycles. The number of hydrogen-bond acceptors (Lipinski definition) is 5. The van der Waals surface area contributed by atoms with Crippen LogP contribution in [0.4, 0.5) is 0 Å². The zero-order valence-electron chi connectivity index (χ0n) is 12.8. The van der Waals surface area contributed by atoms with E-state index in [2.05, 4.69) is 9.97 Å². The average molecular weight is 344 g/mol. The maximum atomic E-state index is 11.4. The van der Waals surface area contributed by atoms with Crippen LogP contribution in [0.1, 0.15) is 29.6 Å². The Bertz CT molecular complexity index is 775. The van der Waals surface area contributed by atoms with E-state index in [1.165, 1.54) is 18.0 Å². The maximum Gasteiger partial charge on any atom is 0.338 e. The number of carboxylic acid groups (broad SMARTS) is 2. The predicted octanol–water partition coefficient (Wildman–Crippen LogP) is 3.19. The van der Waals surface area contributed by atoms with Gasteiger partial charge < -0.3 is 10.2 Å². The molecule has 1 fully saturated rings. The van der Waals surface area contributed by atoms with Crippen molar-refractivity contribution in [1.82, 2.24) is 9.97 Å². The van der Waals surface area contributed by atoms with Gasteiger partial charge in [-0.15, -0.1) is 11.8 Å². The van der Waals surface area contributed by atoms with Gasteiger partial charge in [-0.3, -0.25) is 14.8 Å². The van der Waals surface area contributed by atoms with Crippen LogP contribution in [0, 0.1) is 5.41 Å². The minimum absolute atomic E-state index is 0.128. The number of pyridine rings is 2. The lowest BCUT2D eigenvalue weighted by molar-refractivity contribution is -0.138. The first kappa shape index (κ1) is 16.4. The summed E-state index contributed by atoms with van der Waals surface area (Å²) >= 11 is 1.39. The van der Waals surface area contributed by atoms with Crippen LogP contribution >= 0.6 is 11.8 Å². The number of rotatable bonds is 7. The highest BCUT2D eigenvalue weighted by atomic mass is 32.2. The van der Waals surface area contributed by atoms with Crippen molar-refractivity contribution >= 4 is 23.7 Å². The molecule has 124 valence electrons. The van der Waals surface area contributed by atoms with Crippen LogP contribution in [-0.4, -0.2) is 37.9 Å². The third kappa shape index (κ3) is 3.73. The molecule has 0 bridgehead atoms. The summed E-state index contributed by atoms with van der Waals surface area (Å²) in [4.78, 5) is 31.3. The summed E-state index contributed by atoms with van der Waals surface area (Å²) in [6.07, 6.45) is 6.55. The molecule has 7 heteroatoms. The van der Waals surface area contributed by atoms with E-state index in [0.717, 1.165) is 18.4 Å². The fraction of sp³-hybridized carbons (Fsp3) is 0.294. The Morgan fingerprint density at radius 3 is 2.62 bits per heavy atom. The van der Waals surface area contributed by atoms with Crippen molar-refractivity contribution in [1.29, 1.82) is 0 Å². The molecule has 0 amide bonds. The molecule has 1 aliphatic carbocycles. The largest absolute Gasteiger partial charge is 0.481 e. The van der Waals surface area contributed by atoms with E-state index in [1.807, 2.05) is 6.07 Å². The predicted molar refractivity (Wildman–Crippen MR) is 89.1 cm³/mol. The molecular weight excluding hydrogens is 328 g/mol. The van der Waals surface area contributed by atoms with E-state index < -0.39 is 11.9 Å². The van der Waals surface area contributed by atoms with Crippen LogP contribution in [0.2, 0.25) is 0 Å². The summed E-state index contributed by atoms with van der Waals surface area (Å²) < 4.78 is 0. The smallest absolute Gasteiger partial charge is 0.338 e. The van der Waals surface area contributed by atoms with Crippen LogP contribution in [0.15, 0.2) is 41.7 Å². The van der Waals surface area contributed by atoms with Crippen molar-refractivity contribution < 1.29 is 19.8 Å². The second kappa shape index (κ2) is 6.60. The van der Waals surface area contributed by atoms with Gasteiger partial charge in [0.2, 0.25) is 0 Å². The molecule has 3 rings (SSSR count). The molecule has 2 aromatic heterocycles. The third-order valence-corrected chi connectivity index (χ3v) is 5.48. The summed E-state index contributed by atoms with van der Waals surface area (Å²) in [5, 5.41) is 18.4. The summed E-state index contributed by atoms with van der Waals surface area (Å²) in [7, 11) is 0. The molecule has 0 atom stereocenters. The molecule has 1 aliphatic rings. The number of aromatic nitrogens is 2. The average Bonchev–Trinajstić information content (AvgIpc) is 3.32. The maximum absolute atomic E-state index is 11.4. The minimum atomic E-state index is -1.04. The number of nitrogens with zero attached hydrogens (tertiary/aromatic N) is 2. The van der Waals surface area contributed by atoms with Gasteiger partial charge in [-0.25, -0.2) is 4.79 Å². The van der Waals surface area contributed by atoms with E-state index in [0.29, 0.717) is 16.3 Å². The molecule has 0 spiro atoms. The van der Waals surface area contributed by atoms with E-state index in [1.54, 1.807) is 24.5 Å². The van der Waals surface area contributed by atoms with E-state index in [9.17, 15) is 14.7 Å². The lowest BCUT2D eigenvalue weighted by Crippen LogP contribution is -2.11. The quantitative estimate of drug-likeness (QED) is 0.744. The number of thioether (sulfide) groups is 1. The zero-order chi connectivity index (χ0) is 17.2. The van der Waals surface area contributed by atoms with Gasteiger partial charge in [-0.2, -0.15) is 0 Å². The molecule has 1 saturated carbocycles. The highest BCUT2D eigenvalue weighted by Gasteiger charge is 2.44. The van der Waals surface area contributed by atoms with Gasteiger partial charge in [0.1, 0.15) is 0 Å². The summed E-state index contributed by atoms with van der Waals surface area (Å²) in [5.41, 5.74) is 1.39. The molecule has 0 aliphatic heterocycles. The number of aliphatic carboxylic acids is 1. The fourth-order valence-corrected chi connectivity index (χ4v) is 3.83. The Morgan fingerprint density at radius 2 is 2.04 bits per heavy atom. The van der Waals surface area contributed by atoms with Crippen molar-refractivity contribution in [2.75, 3.05) is 5.75 Å². The lowest BCUT2D eigenvalue weighted by atomic mass is 10.1. The van der Waals surface area contributed by atoms with Gasteiger partial charge in [-0.05, 0) is 36.5 Å². The van der Waals surface area contributed by atoms with Crippen molar-refractivity contribution in [2.45, 2.75) is 24.2 Å². The van der Waals surface area contributed by atoms with Crippen molar-refractivity contribution in [3.05, 3.63) is 42.4 Å². The van der Waals surface area contributed by atoms with Gasteiger partial charge >= 0.3 is 11.9 Å². The van der Waals surface area contributed by atoms with E-state index in [-0.39, 0.29) is 17.4 Å². The lowest BCUT2D eigenvalue weighted by Gasteiger charge is -2.13. The van der Waals surface area contributed by atoms with Gasteiger partial charge in [0.25, 0.3) is 0 Å². The van der Waals surface area contributed by atoms with Crippen LogP contribution in [0.3, 0.4) is 0 Å².